The quantitative estimate of drug-likeness (QED) is 0.581. The number of hydrogen-bond acceptors (Lipinski definition) is 4. The molecule has 6 heteroatoms. The Morgan fingerprint density at radius 1 is 1.11 bits per heavy atom. The molecule has 146 valence electrons. The molecule has 2 rings (SSSR count). The third-order valence-corrected chi connectivity index (χ3v) is 5.48. The van der Waals surface area contributed by atoms with Crippen LogP contribution < -0.4 is 9.47 Å². The van der Waals surface area contributed by atoms with Crippen LogP contribution in [0.1, 0.15) is 30.1 Å². The highest BCUT2D eigenvalue weighted by Gasteiger charge is 2.16. The van der Waals surface area contributed by atoms with E-state index in [4.69, 9.17) is 9.47 Å². The molecule has 1 amide bonds. The summed E-state index contributed by atoms with van der Waals surface area (Å²) in [6.45, 7) is 3.07. The van der Waals surface area contributed by atoms with Crippen molar-refractivity contribution < 1.29 is 18.5 Å². The molecule has 0 radical (unpaired) electrons. The van der Waals surface area contributed by atoms with Gasteiger partial charge in [-0.15, -0.1) is 0 Å². The first-order valence-corrected chi connectivity index (χ1v) is 10.4. The molecule has 0 N–H and O–H groups in total. The van der Waals surface area contributed by atoms with Crippen molar-refractivity contribution in [3.63, 3.8) is 0 Å². The molecule has 27 heavy (non-hydrogen) atoms. The highest BCUT2D eigenvalue weighted by Crippen LogP contribution is 2.28. The Morgan fingerprint density at radius 2 is 1.85 bits per heavy atom. The van der Waals surface area contributed by atoms with Crippen LogP contribution in [-0.2, 0) is 10.8 Å². The summed E-state index contributed by atoms with van der Waals surface area (Å²) in [5.74, 6) is 1.43. The second kappa shape index (κ2) is 10.7. The SMILES string of the molecule is CCCCOc1cc(C(=O)N(C)CCS(=O)c2ccccc2)ccc1OC. The molecular weight excluding hydrogens is 362 g/mol. The van der Waals surface area contributed by atoms with Crippen LogP contribution in [0.5, 0.6) is 11.5 Å². The van der Waals surface area contributed by atoms with Crippen LogP contribution in [0.15, 0.2) is 53.4 Å². The van der Waals surface area contributed by atoms with E-state index in [1.165, 1.54) is 0 Å². The summed E-state index contributed by atoms with van der Waals surface area (Å²) < 4.78 is 23.4. The monoisotopic (exact) mass is 389 g/mol. The van der Waals surface area contributed by atoms with Crippen molar-refractivity contribution in [1.82, 2.24) is 4.90 Å². The van der Waals surface area contributed by atoms with E-state index in [1.54, 1.807) is 37.3 Å². The molecule has 0 bridgehead atoms. The van der Waals surface area contributed by atoms with Crippen molar-refractivity contribution in [2.75, 3.05) is 33.1 Å². The number of hydrogen-bond donors (Lipinski definition) is 0. The minimum absolute atomic E-state index is 0.136. The van der Waals surface area contributed by atoms with Crippen LogP contribution >= 0.6 is 0 Å². The van der Waals surface area contributed by atoms with Gasteiger partial charge in [-0.3, -0.25) is 9.00 Å². The predicted molar refractivity (Wildman–Crippen MR) is 108 cm³/mol. The van der Waals surface area contributed by atoms with Gasteiger partial charge >= 0.3 is 0 Å². The van der Waals surface area contributed by atoms with Crippen molar-refractivity contribution in [2.24, 2.45) is 0 Å². The molecule has 0 saturated heterocycles. The molecular formula is C21H27NO4S. The van der Waals surface area contributed by atoms with E-state index in [-0.39, 0.29) is 5.91 Å². The van der Waals surface area contributed by atoms with Gasteiger partial charge in [0.05, 0.1) is 24.5 Å². The Labute approximate surface area is 163 Å². The van der Waals surface area contributed by atoms with Gasteiger partial charge in [0.2, 0.25) is 0 Å². The zero-order valence-corrected chi connectivity index (χ0v) is 17.0. The topological polar surface area (TPSA) is 55.8 Å². The van der Waals surface area contributed by atoms with Crippen LogP contribution in [0.4, 0.5) is 0 Å². The smallest absolute Gasteiger partial charge is 0.253 e. The Morgan fingerprint density at radius 3 is 2.52 bits per heavy atom. The van der Waals surface area contributed by atoms with Crippen molar-refractivity contribution in [1.29, 1.82) is 0 Å². The zero-order chi connectivity index (χ0) is 19.6. The van der Waals surface area contributed by atoms with Gasteiger partial charge in [0.15, 0.2) is 11.5 Å². The van der Waals surface area contributed by atoms with Crippen LogP contribution in [0.3, 0.4) is 0 Å². The maximum atomic E-state index is 12.7. The van der Waals surface area contributed by atoms with Gasteiger partial charge in [-0.2, -0.15) is 0 Å². The molecule has 0 aliphatic heterocycles. The lowest BCUT2D eigenvalue weighted by molar-refractivity contribution is 0.0803. The number of amides is 1. The predicted octanol–water partition coefficient (Wildman–Crippen LogP) is 3.75. The van der Waals surface area contributed by atoms with Crippen LogP contribution in [0.25, 0.3) is 0 Å². The van der Waals surface area contributed by atoms with E-state index in [0.29, 0.717) is 36.0 Å². The van der Waals surface area contributed by atoms with E-state index in [1.807, 2.05) is 30.3 Å². The van der Waals surface area contributed by atoms with Crippen molar-refractivity contribution in [3.8, 4) is 11.5 Å². The molecule has 1 atom stereocenters. The van der Waals surface area contributed by atoms with E-state index in [2.05, 4.69) is 6.92 Å². The summed E-state index contributed by atoms with van der Waals surface area (Å²) in [6.07, 6.45) is 1.97. The molecule has 2 aromatic carbocycles. The number of nitrogens with zero attached hydrogens (tertiary/aromatic N) is 1. The average molecular weight is 390 g/mol. The van der Waals surface area contributed by atoms with Gasteiger partial charge in [0, 0.05) is 29.8 Å². The number of rotatable bonds is 10. The van der Waals surface area contributed by atoms with Gasteiger partial charge < -0.3 is 14.4 Å². The summed E-state index contributed by atoms with van der Waals surface area (Å²) in [4.78, 5) is 15.1. The number of methoxy groups -OCH3 is 1. The molecule has 0 aromatic heterocycles. The molecule has 0 spiro atoms. The molecule has 0 saturated carbocycles. The molecule has 0 fully saturated rings. The molecule has 0 aliphatic carbocycles. The Balaban J connectivity index is 2.00. The highest BCUT2D eigenvalue weighted by molar-refractivity contribution is 7.85. The third-order valence-electron chi connectivity index (χ3n) is 4.13. The molecule has 2 aromatic rings. The van der Waals surface area contributed by atoms with Crippen molar-refractivity contribution in [2.45, 2.75) is 24.7 Å². The standard InChI is InChI=1S/C21H27NO4S/c1-4-5-14-26-20-16-17(11-12-19(20)25-3)21(23)22(2)13-15-27(24)18-9-7-6-8-10-18/h6-12,16H,4-5,13-15H2,1-3H3. The van der Waals surface area contributed by atoms with E-state index >= 15 is 0 Å². The summed E-state index contributed by atoms with van der Waals surface area (Å²) in [5.41, 5.74) is 0.523. The largest absolute Gasteiger partial charge is 0.493 e. The molecule has 0 heterocycles. The second-order valence-electron chi connectivity index (χ2n) is 6.16. The van der Waals surface area contributed by atoms with Crippen LogP contribution in [0, 0.1) is 0 Å². The second-order valence-corrected chi connectivity index (χ2v) is 7.73. The van der Waals surface area contributed by atoms with Gasteiger partial charge in [0.1, 0.15) is 0 Å². The van der Waals surface area contributed by atoms with E-state index < -0.39 is 10.8 Å². The normalized spacial score (nSPS) is 11.7. The third kappa shape index (κ3) is 6.10. The summed E-state index contributed by atoms with van der Waals surface area (Å²) in [6, 6.07) is 14.5. The first-order chi connectivity index (χ1) is 13.1. The molecule has 5 nitrogen and oxygen atoms in total. The minimum atomic E-state index is -1.13. The number of benzene rings is 2. The van der Waals surface area contributed by atoms with Gasteiger partial charge in [-0.05, 0) is 36.8 Å². The fourth-order valence-corrected chi connectivity index (χ4v) is 3.62. The number of carbonyl (C=O) groups is 1. The first-order valence-electron chi connectivity index (χ1n) is 9.06. The lowest BCUT2D eigenvalue weighted by Crippen LogP contribution is -2.30. The lowest BCUT2D eigenvalue weighted by Gasteiger charge is -2.18. The first kappa shape index (κ1) is 21.0. The fraction of sp³-hybridized carbons (Fsp3) is 0.381. The van der Waals surface area contributed by atoms with E-state index in [0.717, 1.165) is 17.7 Å². The molecule has 0 aliphatic rings. The fourth-order valence-electron chi connectivity index (χ4n) is 2.48. The van der Waals surface area contributed by atoms with Crippen LogP contribution in [-0.4, -0.2) is 48.1 Å². The summed E-state index contributed by atoms with van der Waals surface area (Å²) in [5, 5.41) is 0. The Bertz CT molecular complexity index is 764. The highest BCUT2D eigenvalue weighted by atomic mass is 32.2. The maximum absolute atomic E-state index is 12.7. The summed E-state index contributed by atoms with van der Waals surface area (Å²) in [7, 11) is 2.16. The van der Waals surface area contributed by atoms with Crippen molar-refractivity contribution in [3.05, 3.63) is 54.1 Å². The molecule has 1 unspecified atom stereocenters. The van der Waals surface area contributed by atoms with Crippen LogP contribution in [0.2, 0.25) is 0 Å². The average Bonchev–Trinajstić information content (AvgIpc) is 2.71. The zero-order valence-electron chi connectivity index (χ0n) is 16.1. The summed E-state index contributed by atoms with van der Waals surface area (Å²) >= 11 is 0. The Hall–Kier alpha value is -2.34. The minimum Gasteiger partial charge on any atom is -0.493 e. The van der Waals surface area contributed by atoms with E-state index in [9.17, 15) is 9.00 Å². The maximum Gasteiger partial charge on any atom is 0.253 e. The van der Waals surface area contributed by atoms with Crippen molar-refractivity contribution >= 4 is 16.7 Å². The number of unbranched alkanes of at least 4 members (excludes halogenated alkanes) is 1. The van der Waals surface area contributed by atoms with Gasteiger partial charge in [-0.1, -0.05) is 31.5 Å². The Kier molecular flexibility index (Phi) is 8.33. The lowest BCUT2D eigenvalue weighted by atomic mass is 10.1. The number of ether oxygens (including phenoxy) is 2. The van der Waals surface area contributed by atoms with Gasteiger partial charge in [0.25, 0.3) is 5.91 Å². The van der Waals surface area contributed by atoms with Gasteiger partial charge in [-0.25, -0.2) is 0 Å². The number of carbonyl (C=O) groups excluding carboxylic acids is 1.